The van der Waals surface area contributed by atoms with E-state index in [1.54, 1.807) is 18.0 Å². The smallest absolute Gasteiger partial charge is 0.410 e. The van der Waals surface area contributed by atoms with Crippen LogP contribution in [0.2, 0.25) is 0 Å². The number of rotatable bonds is 7. The molecule has 2 bridgehead atoms. The van der Waals surface area contributed by atoms with Gasteiger partial charge in [0, 0.05) is 36.3 Å². The standard InChI is InChI=1S/C41H60N4O9/c1-11-31-41(8)35-26(4)32(43-19-20-45(35)39(49)54-41)24(2)23-40(7,50-21-15-13-17-29-16-12-14-18-42-29)36(27(5)33(46)28(6)37(48)52-31)53-38-34(47)30(44(9)10)22-25(3)51-38/h12,14,16,18,24-28,30-31,34-36,38,47H,11,17,19-23H2,1-10H3/t24-,25-,26+,27+,28-,30+,31-,34-,35-,36-,38+,40-,41-/m1/s1. The molecular weight excluding hydrogens is 692 g/mol. The molecule has 3 fully saturated rings. The van der Waals surface area contributed by atoms with Crippen LogP contribution in [-0.2, 0) is 39.7 Å². The lowest BCUT2D eigenvalue weighted by Crippen LogP contribution is -2.60. The Balaban J connectivity index is 1.59. The number of Topliss-reactive ketones (excluding diaryl/α,β-unsaturated/α-hetero) is 1. The van der Waals surface area contributed by atoms with Crippen molar-refractivity contribution in [3.8, 4) is 11.8 Å². The van der Waals surface area contributed by atoms with Crippen molar-refractivity contribution >= 4 is 23.6 Å². The molecule has 1 amide bonds. The Morgan fingerprint density at radius 2 is 1.81 bits per heavy atom. The predicted molar refractivity (Wildman–Crippen MR) is 202 cm³/mol. The second-order valence-electron chi connectivity index (χ2n) is 16.2. The van der Waals surface area contributed by atoms with Gasteiger partial charge < -0.3 is 33.7 Å². The first-order chi connectivity index (χ1) is 25.5. The van der Waals surface area contributed by atoms with Gasteiger partial charge in [-0.3, -0.25) is 24.5 Å². The minimum Gasteiger partial charge on any atom is -0.458 e. The van der Waals surface area contributed by atoms with E-state index in [4.69, 9.17) is 28.7 Å². The van der Waals surface area contributed by atoms with Gasteiger partial charge in [0.15, 0.2) is 17.7 Å². The number of aliphatic hydroxyl groups is 1. The van der Waals surface area contributed by atoms with Crippen LogP contribution in [0, 0.1) is 35.5 Å². The third-order valence-corrected chi connectivity index (χ3v) is 12.0. The molecule has 1 aromatic rings. The fourth-order valence-electron chi connectivity index (χ4n) is 9.16. The number of nitrogens with zero attached hydrogens (tertiary/aromatic N) is 4. The molecule has 1 N–H and O–H groups in total. The summed E-state index contributed by atoms with van der Waals surface area (Å²) in [6.45, 7) is 15.6. The maximum absolute atomic E-state index is 14.5. The highest BCUT2D eigenvalue weighted by molar-refractivity contribution is 6.00. The van der Waals surface area contributed by atoms with E-state index in [-0.39, 0.29) is 30.6 Å². The third-order valence-electron chi connectivity index (χ3n) is 12.0. The molecule has 0 aromatic carbocycles. The molecule has 4 aliphatic rings. The average Bonchev–Trinajstić information content (AvgIpc) is 3.26. The van der Waals surface area contributed by atoms with Crippen LogP contribution < -0.4 is 0 Å². The Morgan fingerprint density at radius 3 is 2.48 bits per heavy atom. The summed E-state index contributed by atoms with van der Waals surface area (Å²) in [4.78, 5) is 54.9. The molecule has 1 aromatic heterocycles. The Morgan fingerprint density at radius 1 is 1.07 bits per heavy atom. The molecule has 4 aliphatic heterocycles. The number of amides is 1. The van der Waals surface area contributed by atoms with E-state index in [1.807, 2.05) is 71.8 Å². The summed E-state index contributed by atoms with van der Waals surface area (Å²) >= 11 is 0. The molecule has 5 rings (SSSR count). The van der Waals surface area contributed by atoms with Gasteiger partial charge in [-0.1, -0.05) is 45.6 Å². The van der Waals surface area contributed by atoms with Crippen LogP contribution in [0.1, 0.15) is 80.3 Å². The zero-order chi connectivity index (χ0) is 39.5. The fourth-order valence-corrected chi connectivity index (χ4v) is 9.16. The Labute approximate surface area is 320 Å². The number of carbonyl (C=O) groups excluding carboxylic acids is 3. The van der Waals surface area contributed by atoms with E-state index in [0.717, 1.165) is 11.4 Å². The highest BCUT2D eigenvalue weighted by Crippen LogP contribution is 2.44. The van der Waals surface area contributed by atoms with E-state index in [2.05, 4.69) is 23.7 Å². The first-order valence-electron chi connectivity index (χ1n) is 19.4. The topological polar surface area (TPSA) is 149 Å². The number of aliphatic imine (C=N–C) groups is 1. The molecule has 298 valence electrons. The number of ketones is 1. The van der Waals surface area contributed by atoms with Crippen LogP contribution in [0.3, 0.4) is 0 Å². The molecule has 13 nitrogen and oxygen atoms in total. The number of likely N-dealkylation sites (N-methyl/N-ethyl adjacent to an activating group) is 1. The van der Waals surface area contributed by atoms with Gasteiger partial charge in [-0.05, 0) is 79.1 Å². The minimum absolute atomic E-state index is 0.0102. The van der Waals surface area contributed by atoms with Gasteiger partial charge >= 0.3 is 12.1 Å². The largest absolute Gasteiger partial charge is 0.458 e. The van der Waals surface area contributed by atoms with Crippen molar-refractivity contribution in [2.75, 3.05) is 33.8 Å². The van der Waals surface area contributed by atoms with Crippen molar-refractivity contribution in [1.29, 1.82) is 0 Å². The number of fused-ring (bicyclic) bond motifs is 1. The number of hydrogen-bond acceptors (Lipinski definition) is 12. The van der Waals surface area contributed by atoms with Crippen LogP contribution >= 0.6 is 0 Å². The summed E-state index contributed by atoms with van der Waals surface area (Å²) in [5, 5.41) is 11.6. The van der Waals surface area contributed by atoms with Crippen molar-refractivity contribution in [3.05, 3.63) is 30.1 Å². The summed E-state index contributed by atoms with van der Waals surface area (Å²) in [6.07, 6.45) is -1.20. The Bertz CT molecular complexity index is 1600. The van der Waals surface area contributed by atoms with Gasteiger partial charge in [0.05, 0.1) is 42.5 Å². The maximum Gasteiger partial charge on any atom is 0.410 e. The normalized spacial score (nSPS) is 39.1. The summed E-state index contributed by atoms with van der Waals surface area (Å²) in [5.41, 5.74) is -0.710. The molecule has 3 saturated heterocycles. The zero-order valence-corrected chi connectivity index (χ0v) is 33.6. The molecule has 0 aliphatic carbocycles. The second-order valence-corrected chi connectivity index (χ2v) is 16.2. The van der Waals surface area contributed by atoms with Crippen molar-refractivity contribution in [2.24, 2.45) is 28.7 Å². The van der Waals surface area contributed by atoms with Crippen molar-refractivity contribution in [3.63, 3.8) is 0 Å². The van der Waals surface area contributed by atoms with Crippen LogP contribution in [0.5, 0.6) is 0 Å². The second kappa shape index (κ2) is 17.2. The quantitative estimate of drug-likeness (QED) is 0.244. The Kier molecular flexibility index (Phi) is 13.3. The molecule has 0 unspecified atom stereocenters. The third kappa shape index (κ3) is 8.53. The first kappa shape index (κ1) is 41.7. The summed E-state index contributed by atoms with van der Waals surface area (Å²) in [5.74, 6) is 2.53. The van der Waals surface area contributed by atoms with E-state index < -0.39 is 71.5 Å². The molecule has 13 atom stereocenters. The van der Waals surface area contributed by atoms with E-state index in [9.17, 15) is 19.5 Å². The zero-order valence-electron chi connectivity index (χ0n) is 33.6. The lowest BCUT2D eigenvalue weighted by molar-refractivity contribution is -0.296. The van der Waals surface area contributed by atoms with Crippen LogP contribution in [0.4, 0.5) is 4.79 Å². The molecule has 0 saturated carbocycles. The summed E-state index contributed by atoms with van der Waals surface area (Å²) in [6, 6.07) is 4.93. The SMILES string of the molecule is CC[C@H]1OC(=O)[C@H](C)C(=O)[C@H](C)[C@@H](O[C@@H]2O[C@H](C)C[C@H](N(C)C)[C@H]2O)[C@](C)(OCC#CCc2ccccn2)C[C@@H](C)C2=NCCN3C(=O)O[C@@]1(C)[C@H]3[C@H]2C. The monoisotopic (exact) mass is 752 g/mol. The van der Waals surface area contributed by atoms with Gasteiger partial charge in [0.2, 0.25) is 0 Å². The average molecular weight is 753 g/mol. The molecule has 0 spiro atoms. The van der Waals surface area contributed by atoms with E-state index in [0.29, 0.717) is 38.8 Å². The molecule has 0 radical (unpaired) electrons. The van der Waals surface area contributed by atoms with Crippen LogP contribution in [-0.4, -0.2) is 131 Å². The lowest BCUT2D eigenvalue weighted by atomic mass is 9.73. The number of carbonyl (C=O) groups is 3. The van der Waals surface area contributed by atoms with Gasteiger partial charge in [0.1, 0.15) is 24.7 Å². The lowest BCUT2D eigenvalue weighted by Gasteiger charge is -2.47. The number of pyridine rings is 1. The highest BCUT2D eigenvalue weighted by Gasteiger charge is 2.60. The number of aromatic nitrogens is 1. The Hall–Kier alpha value is -3.41. The number of ether oxygens (including phenoxy) is 5. The number of cyclic esters (lactones) is 1. The molecule has 54 heavy (non-hydrogen) atoms. The molecule has 13 heteroatoms. The first-order valence-corrected chi connectivity index (χ1v) is 19.4. The predicted octanol–water partition coefficient (Wildman–Crippen LogP) is 4.09. The molecule has 5 heterocycles. The molecular formula is C41H60N4O9. The van der Waals surface area contributed by atoms with E-state index in [1.165, 1.54) is 6.92 Å². The van der Waals surface area contributed by atoms with Crippen molar-refractivity contribution < 1.29 is 43.2 Å². The highest BCUT2D eigenvalue weighted by atomic mass is 16.7. The van der Waals surface area contributed by atoms with E-state index >= 15 is 0 Å². The minimum atomic E-state index is -1.22. The van der Waals surface area contributed by atoms with Crippen molar-refractivity contribution in [1.82, 2.24) is 14.8 Å². The van der Waals surface area contributed by atoms with Crippen LogP contribution in [0.25, 0.3) is 0 Å². The van der Waals surface area contributed by atoms with Gasteiger partial charge in [0.25, 0.3) is 0 Å². The number of aliphatic hydroxyl groups excluding tert-OH is 1. The van der Waals surface area contributed by atoms with Gasteiger partial charge in [-0.2, -0.15) is 0 Å². The summed E-state index contributed by atoms with van der Waals surface area (Å²) < 4.78 is 32.1. The fraction of sp³-hybridized carbons (Fsp3) is 0.732. The van der Waals surface area contributed by atoms with Gasteiger partial charge in [-0.15, -0.1) is 0 Å². The van der Waals surface area contributed by atoms with Crippen LogP contribution in [0.15, 0.2) is 29.4 Å². The number of hydrogen-bond donors (Lipinski definition) is 1. The maximum atomic E-state index is 14.5. The van der Waals surface area contributed by atoms with Crippen molar-refractivity contribution in [2.45, 2.75) is 135 Å². The van der Waals surface area contributed by atoms with Gasteiger partial charge in [-0.25, -0.2) is 4.79 Å². The summed E-state index contributed by atoms with van der Waals surface area (Å²) in [7, 11) is 3.80. The number of esters is 1.